The van der Waals surface area contributed by atoms with E-state index in [1.165, 1.54) is 0 Å². The number of methoxy groups -OCH3 is 2. The highest BCUT2D eigenvalue weighted by molar-refractivity contribution is 5.98. The number of amides is 5. The SMILES string of the molecule is CC[C@H](C)C([C@@H](CC(=O)N1CCC[C@H]1[C@H](OC)[C@@H](C)C(=O)NC(Cc1ccccc1)C(=O)Nc1ccc(NC(C)(C)C)cc1)OC)N(C)C(=O)[C@@H](NC(=O)[C@H](C(C)C)N(C)C)C(C)C. The molecular weight excluding hydrogens is 811 g/mol. The summed E-state index contributed by atoms with van der Waals surface area (Å²) in [6.45, 7) is 20.3. The number of benzene rings is 2. The summed E-state index contributed by atoms with van der Waals surface area (Å²) in [5.74, 6) is -2.26. The van der Waals surface area contributed by atoms with Gasteiger partial charge in [-0.1, -0.05) is 85.2 Å². The van der Waals surface area contributed by atoms with E-state index >= 15 is 0 Å². The molecule has 14 nitrogen and oxygen atoms in total. The van der Waals surface area contributed by atoms with Gasteiger partial charge in [-0.3, -0.25) is 28.9 Å². The van der Waals surface area contributed by atoms with Crippen LogP contribution in [-0.4, -0.2) is 134 Å². The number of nitrogens with zero attached hydrogens (tertiary/aromatic N) is 3. The molecule has 3 rings (SSSR count). The molecule has 4 N–H and O–H groups in total. The maximum absolute atomic E-state index is 14.4. The van der Waals surface area contributed by atoms with Gasteiger partial charge in [0.1, 0.15) is 12.1 Å². The molecule has 2 unspecified atom stereocenters. The Hall–Kier alpha value is -4.53. The number of hydrogen-bond donors (Lipinski definition) is 4. The fraction of sp³-hybridized carbons (Fsp3) is 0.660. The Morgan fingerprint density at radius 1 is 0.797 bits per heavy atom. The highest BCUT2D eigenvalue weighted by Crippen LogP contribution is 2.30. The Morgan fingerprint density at radius 2 is 1.41 bits per heavy atom. The van der Waals surface area contributed by atoms with Crippen LogP contribution < -0.4 is 21.3 Å². The Bertz CT molecular complexity index is 1790. The van der Waals surface area contributed by atoms with Crippen LogP contribution in [0.3, 0.4) is 0 Å². The Balaban J connectivity index is 1.81. The van der Waals surface area contributed by atoms with E-state index in [4.69, 9.17) is 9.47 Å². The largest absolute Gasteiger partial charge is 0.380 e. The van der Waals surface area contributed by atoms with Crippen LogP contribution in [0.1, 0.15) is 100 Å². The number of ether oxygens (including phenoxy) is 2. The van der Waals surface area contributed by atoms with E-state index in [1.807, 2.05) is 115 Å². The molecule has 0 radical (unpaired) electrons. The standard InChI is InChI=1S/C50H81N7O7/c1-16-33(6)44(56(13)49(62)42(31(2)3)53-48(61)43(32(4)5)55(11)12)40(63-14)30-41(58)57-28-20-23-39(57)45(64-15)34(7)46(59)52-38(29-35-21-18-17-19-22-35)47(60)51-36-24-26-37(27-25-36)54-50(8,9)10/h17-19,21-22,24-27,31-34,38-40,42-45,54H,16,20,23,28-30H2,1-15H3,(H,51,60)(H,52,59)(H,53,61)/t33-,34+,38?,39-,40+,42-,43-,44?,45+/m0/s1. The highest BCUT2D eigenvalue weighted by Gasteiger charge is 2.43. The summed E-state index contributed by atoms with van der Waals surface area (Å²) in [4.78, 5) is 75.7. The van der Waals surface area contributed by atoms with Gasteiger partial charge in [-0.05, 0) is 95.3 Å². The molecule has 1 aliphatic rings. The summed E-state index contributed by atoms with van der Waals surface area (Å²) >= 11 is 0. The number of rotatable bonds is 23. The van der Waals surface area contributed by atoms with E-state index in [0.29, 0.717) is 18.7 Å². The molecule has 0 bridgehead atoms. The van der Waals surface area contributed by atoms with E-state index in [1.54, 1.807) is 38.0 Å². The minimum absolute atomic E-state index is 0.00202. The van der Waals surface area contributed by atoms with Crippen molar-refractivity contribution in [2.45, 2.75) is 149 Å². The number of nitrogens with one attached hydrogen (secondary N) is 4. The van der Waals surface area contributed by atoms with Crippen molar-refractivity contribution in [1.29, 1.82) is 0 Å². The fourth-order valence-corrected chi connectivity index (χ4v) is 9.07. The minimum atomic E-state index is -0.892. The van der Waals surface area contributed by atoms with Crippen LogP contribution in [0.5, 0.6) is 0 Å². The maximum atomic E-state index is 14.4. The smallest absolute Gasteiger partial charge is 0.247 e. The highest BCUT2D eigenvalue weighted by atomic mass is 16.5. The van der Waals surface area contributed by atoms with Crippen LogP contribution in [0.2, 0.25) is 0 Å². The molecule has 1 aliphatic heterocycles. The molecule has 0 aliphatic carbocycles. The Morgan fingerprint density at radius 3 is 1.92 bits per heavy atom. The van der Waals surface area contributed by atoms with E-state index in [0.717, 1.165) is 24.1 Å². The van der Waals surface area contributed by atoms with Crippen LogP contribution >= 0.6 is 0 Å². The normalized spacial score (nSPS) is 18.1. The minimum Gasteiger partial charge on any atom is -0.380 e. The molecule has 2 aromatic carbocycles. The quantitative estimate of drug-likeness (QED) is 0.102. The van der Waals surface area contributed by atoms with Gasteiger partial charge in [0.2, 0.25) is 29.5 Å². The van der Waals surface area contributed by atoms with Crippen LogP contribution in [-0.2, 0) is 39.9 Å². The predicted octanol–water partition coefficient (Wildman–Crippen LogP) is 6.21. The molecular formula is C50H81N7O7. The number of likely N-dealkylation sites (N-methyl/N-ethyl adjacent to an activating group) is 2. The number of likely N-dealkylation sites (tertiary alicyclic amines) is 1. The molecule has 0 saturated carbocycles. The van der Waals surface area contributed by atoms with Crippen molar-refractivity contribution in [1.82, 2.24) is 25.3 Å². The monoisotopic (exact) mass is 892 g/mol. The van der Waals surface area contributed by atoms with Gasteiger partial charge >= 0.3 is 0 Å². The van der Waals surface area contributed by atoms with E-state index in [9.17, 15) is 24.0 Å². The van der Waals surface area contributed by atoms with Gasteiger partial charge in [0.15, 0.2) is 0 Å². The van der Waals surface area contributed by atoms with E-state index in [-0.39, 0.29) is 65.7 Å². The topological polar surface area (TPSA) is 162 Å². The summed E-state index contributed by atoms with van der Waals surface area (Å²) < 4.78 is 12.1. The van der Waals surface area contributed by atoms with Crippen molar-refractivity contribution in [3.05, 3.63) is 60.2 Å². The molecule has 358 valence electrons. The molecule has 0 aromatic heterocycles. The van der Waals surface area contributed by atoms with Crippen molar-refractivity contribution in [2.24, 2.45) is 23.7 Å². The van der Waals surface area contributed by atoms with Crippen molar-refractivity contribution in [3.8, 4) is 0 Å². The van der Waals surface area contributed by atoms with Crippen LogP contribution in [0.15, 0.2) is 54.6 Å². The van der Waals surface area contributed by atoms with Gasteiger partial charge in [-0.25, -0.2) is 0 Å². The average Bonchev–Trinajstić information content (AvgIpc) is 3.72. The second-order valence-corrected chi connectivity index (χ2v) is 19.7. The molecule has 1 saturated heterocycles. The summed E-state index contributed by atoms with van der Waals surface area (Å²) in [6.07, 6.45) is 1.01. The lowest BCUT2D eigenvalue weighted by molar-refractivity contribution is -0.148. The average molecular weight is 892 g/mol. The van der Waals surface area contributed by atoms with E-state index < -0.39 is 48.3 Å². The lowest BCUT2D eigenvalue weighted by atomic mass is 9.89. The van der Waals surface area contributed by atoms with Crippen LogP contribution in [0.25, 0.3) is 0 Å². The van der Waals surface area contributed by atoms with Crippen LogP contribution in [0, 0.1) is 23.7 Å². The molecule has 1 fully saturated rings. The van der Waals surface area contributed by atoms with Crippen molar-refractivity contribution < 1.29 is 33.4 Å². The molecule has 0 spiro atoms. The van der Waals surface area contributed by atoms with Gasteiger partial charge in [-0.15, -0.1) is 0 Å². The second-order valence-electron chi connectivity index (χ2n) is 19.7. The van der Waals surface area contributed by atoms with E-state index in [2.05, 4.69) is 42.0 Å². The first-order valence-corrected chi connectivity index (χ1v) is 23.2. The lowest BCUT2D eigenvalue weighted by Gasteiger charge is -2.41. The third-order valence-corrected chi connectivity index (χ3v) is 12.5. The van der Waals surface area contributed by atoms with Crippen molar-refractivity contribution in [2.75, 3.05) is 52.5 Å². The maximum Gasteiger partial charge on any atom is 0.247 e. The third kappa shape index (κ3) is 15.0. The second kappa shape index (κ2) is 24.7. The number of carbonyl (C=O) groups excluding carboxylic acids is 5. The molecule has 9 atom stereocenters. The summed E-state index contributed by atoms with van der Waals surface area (Å²) in [6, 6.07) is 14.0. The third-order valence-electron chi connectivity index (χ3n) is 12.5. The van der Waals surface area contributed by atoms with Gasteiger partial charge in [0, 0.05) is 51.1 Å². The number of carbonyl (C=O) groups is 5. The van der Waals surface area contributed by atoms with Gasteiger partial charge in [-0.2, -0.15) is 0 Å². The zero-order valence-electron chi connectivity index (χ0n) is 41.5. The summed E-state index contributed by atoms with van der Waals surface area (Å²) in [7, 11) is 8.55. The lowest BCUT2D eigenvalue weighted by Crippen LogP contribution is -2.59. The van der Waals surface area contributed by atoms with Crippen molar-refractivity contribution in [3.63, 3.8) is 0 Å². The van der Waals surface area contributed by atoms with Gasteiger partial charge < -0.3 is 40.5 Å². The first-order chi connectivity index (χ1) is 30.0. The Labute approximate surface area is 384 Å². The summed E-state index contributed by atoms with van der Waals surface area (Å²) in [5.41, 5.74) is 2.29. The Kier molecular flexibility index (Phi) is 20.7. The zero-order valence-corrected chi connectivity index (χ0v) is 41.5. The van der Waals surface area contributed by atoms with Crippen molar-refractivity contribution >= 4 is 40.9 Å². The first kappa shape index (κ1) is 53.8. The van der Waals surface area contributed by atoms with Gasteiger partial charge in [0.25, 0.3) is 0 Å². The number of anilines is 2. The van der Waals surface area contributed by atoms with Crippen LogP contribution in [0.4, 0.5) is 11.4 Å². The zero-order chi connectivity index (χ0) is 48.1. The molecule has 5 amide bonds. The molecule has 1 heterocycles. The first-order valence-electron chi connectivity index (χ1n) is 23.2. The molecule has 2 aromatic rings. The molecule has 14 heteroatoms. The summed E-state index contributed by atoms with van der Waals surface area (Å²) in [5, 5.41) is 12.5. The van der Waals surface area contributed by atoms with Gasteiger partial charge in [0.05, 0.1) is 42.7 Å². The fourth-order valence-electron chi connectivity index (χ4n) is 9.07. The predicted molar refractivity (Wildman–Crippen MR) is 256 cm³/mol. The number of hydrogen-bond acceptors (Lipinski definition) is 9. The molecule has 64 heavy (non-hydrogen) atoms.